The molecule has 0 aliphatic carbocycles. The molecular weight excluding hydrogens is 482 g/mol. The summed E-state index contributed by atoms with van der Waals surface area (Å²) in [7, 11) is 0. The first-order chi connectivity index (χ1) is 17.4. The molecule has 186 valence electrons. The first kappa shape index (κ1) is 26.2. The van der Waals surface area contributed by atoms with Crippen LogP contribution in [0.25, 0.3) is 0 Å². The minimum absolute atomic E-state index is 0.103. The second-order valence-electron chi connectivity index (χ2n) is 7.39. The van der Waals surface area contributed by atoms with E-state index >= 15 is 0 Å². The second kappa shape index (κ2) is 12.9. The van der Waals surface area contributed by atoms with E-state index in [9.17, 15) is 9.59 Å². The number of nitrogens with zero attached hydrogens (tertiary/aromatic N) is 2. The minimum Gasteiger partial charge on any atom is -0.483 e. The van der Waals surface area contributed by atoms with Crippen LogP contribution in [0.5, 0.6) is 11.5 Å². The number of amides is 1. The van der Waals surface area contributed by atoms with Gasteiger partial charge in [0.25, 0.3) is 5.91 Å². The zero-order valence-corrected chi connectivity index (χ0v) is 20.6. The van der Waals surface area contributed by atoms with Crippen molar-refractivity contribution in [3.8, 4) is 17.6 Å². The lowest BCUT2D eigenvalue weighted by Crippen LogP contribution is -2.45. The number of hydrogen-bond acceptors (Lipinski definition) is 8. The predicted molar refractivity (Wildman–Crippen MR) is 136 cm³/mol. The smallest absolute Gasteiger partial charge is 0.338 e. The number of carbonyl (C=O) groups is 2. The van der Waals surface area contributed by atoms with E-state index in [2.05, 4.69) is 21.2 Å². The Morgan fingerprint density at radius 3 is 2.64 bits per heavy atom. The van der Waals surface area contributed by atoms with Gasteiger partial charge in [0.05, 0.1) is 24.4 Å². The van der Waals surface area contributed by atoms with Crippen molar-refractivity contribution in [1.29, 1.82) is 5.26 Å². The van der Waals surface area contributed by atoms with E-state index in [1.807, 2.05) is 6.07 Å². The molecule has 0 saturated carbocycles. The molecule has 1 aliphatic rings. The van der Waals surface area contributed by atoms with Crippen molar-refractivity contribution in [2.45, 2.75) is 19.9 Å². The Hall–Kier alpha value is -4.43. The highest BCUT2D eigenvalue weighted by molar-refractivity contribution is 7.80. The standard InChI is InChI=1S/C25H25N5O5S/c1-3-33-24(32)22-16(2)28-25(36)29-23(22)18-9-5-7-11-20(18)35-15-21(31)30-27-14-17-8-4-6-10-19(17)34-13-12-26/h4-11,14,23H,3,13,15H2,1-2H3,(H,30,31)(H2,28,29,36)/t23-/m1/s1. The first-order valence-corrected chi connectivity index (χ1v) is 11.4. The molecule has 0 aromatic heterocycles. The topological polar surface area (TPSA) is 134 Å². The average molecular weight is 508 g/mol. The lowest BCUT2D eigenvalue weighted by molar-refractivity contribution is -0.139. The molecule has 0 bridgehead atoms. The number of carbonyl (C=O) groups excluding carboxylic acids is 2. The van der Waals surface area contributed by atoms with Gasteiger partial charge in [0.15, 0.2) is 18.3 Å². The Morgan fingerprint density at radius 1 is 1.17 bits per heavy atom. The number of rotatable bonds is 10. The number of esters is 1. The van der Waals surface area contributed by atoms with Gasteiger partial charge >= 0.3 is 5.97 Å². The van der Waals surface area contributed by atoms with E-state index < -0.39 is 17.9 Å². The van der Waals surface area contributed by atoms with Crippen LogP contribution < -0.4 is 25.5 Å². The van der Waals surface area contributed by atoms with Gasteiger partial charge in [0.2, 0.25) is 0 Å². The Balaban J connectivity index is 1.70. The highest BCUT2D eigenvalue weighted by Gasteiger charge is 2.32. The molecule has 10 nitrogen and oxygen atoms in total. The summed E-state index contributed by atoms with van der Waals surface area (Å²) in [6, 6.07) is 15.3. The average Bonchev–Trinajstić information content (AvgIpc) is 2.86. The minimum atomic E-state index is -0.625. The van der Waals surface area contributed by atoms with Crippen LogP contribution in [0.3, 0.4) is 0 Å². The van der Waals surface area contributed by atoms with Crippen LogP contribution in [-0.4, -0.2) is 43.0 Å². The van der Waals surface area contributed by atoms with Crippen LogP contribution in [0.1, 0.15) is 31.0 Å². The number of para-hydroxylation sites is 2. The number of hydrogen-bond donors (Lipinski definition) is 3. The molecule has 0 spiro atoms. The van der Waals surface area contributed by atoms with Gasteiger partial charge < -0.3 is 24.8 Å². The monoisotopic (exact) mass is 507 g/mol. The zero-order valence-electron chi connectivity index (χ0n) is 19.7. The van der Waals surface area contributed by atoms with Crippen molar-refractivity contribution in [2.75, 3.05) is 19.8 Å². The summed E-state index contributed by atoms with van der Waals surface area (Å²) in [4.78, 5) is 25.0. The number of allylic oxidation sites excluding steroid dienone is 1. The van der Waals surface area contributed by atoms with Gasteiger partial charge in [-0.3, -0.25) is 4.79 Å². The Morgan fingerprint density at radius 2 is 1.89 bits per heavy atom. The van der Waals surface area contributed by atoms with Crippen molar-refractivity contribution in [1.82, 2.24) is 16.1 Å². The largest absolute Gasteiger partial charge is 0.483 e. The SMILES string of the molecule is CCOC(=O)C1=C(C)NC(=S)N[C@@H]1c1ccccc1OCC(=O)NN=Cc1ccccc1OCC#N. The molecule has 0 saturated heterocycles. The Labute approximate surface area is 213 Å². The summed E-state index contributed by atoms with van der Waals surface area (Å²) in [5, 5.41) is 19.0. The molecule has 3 N–H and O–H groups in total. The third kappa shape index (κ3) is 6.80. The molecule has 1 aliphatic heterocycles. The van der Waals surface area contributed by atoms with Crippen molar-refractivity contribution in [3.05, 3.63) is 70.9 Å². The lowest BCUT2D eigenvalue weighted by Gasteiger charge is -2.30. The fourth-order valence-corrected chi connectivity index (χ4v) is 3.71. The fraction of sp³-hybridized carbons (Fsp3) is 0.240. The Bertz CT molecular complexity index is 1240. The lowest BCUT2D eigenvalue weighted by atomic mass is 9.95. The van der Waals surface area contributed by atoms with Gasteiger partial charge in [-0.05, 0) is 44.3 Å². The molecule has 1 atom stereocenters. The third-order valence-corrected chi connectivity index (χ3v) is 5.18. The molecule has 1 amide bonds. The molecule has 0 radical (unpaired) electrons. The van der Waals surface area contributed by atoms with E-state index in [0.717, 1.165) is 0 Å². The van der Waals surface area contributed by atoms with Crippen molar-refractivity contribution in [2.24, 2.45) is 5.10 Å². The summed E-state index contributed by atoms with van der Waals surface area (Å²) in [5.41, 5.74) is 4.55. The molecular formula is C25H25N5O5S. The maximum atomic E-state index is 12.6. The molecule has 2 aromatic carbocycles. The van der Waals surface area contributed by atoms with E-state index in [0.29, 0.717) is 39.0 Å². The van der Waals surface area contributed by atoms with Crippen molar-refractivity contribution in [3.63, 3.8) is 0 Å². The number of nitriles is 1. The highest BCUT2D eigenvalue weighted by atomic mass is 32.1. The van der Waals surface area contributed by atoms with Crippen molar-refractivity contribution < 1.29 is 23.8 Å². The van der Waals surface area contributed by atoms with Gasteiger partial charge in [0.1, 0.15) is 17.6 Å². The van der Waals surface area contributed by atoms with Crippen LogP contribution in [0.2, 0.25) is 0 Å². The Kier molecular flexibility index (Phi) is 9.36. The number of benzene rings is 2. The normalized spacial score (nSPS) is 14.9. The van der Waals surface area contributed by atoms with Gasteiger partial charge in [0, 0.05) is 16.8 Å². The second-order valence-corrected chi connectivity index (χ2v) is 7.80. The summed E-state index contributed by atoms with van der Waals surface area (Å²) in [6.07, 6.45) is 1.41. The molecule has 3 rings (SSSR count). The molecule has 0 unspecified atom stereocenters. The zero-order chi connectivity index (χ0) is 25.9. The van der Waals surface area contributed by atoms with Gasteiger partial charge in [-0.15, -0.1) is 0 Å². The number of ether oxygens (including phenoxy) is 3. The van der Waals surface area contributed by atoms with Crippen LogP contribution in [0, 0.1) is 11.3 Å². The number of hydrazone groups is 1. The maximum Gasteiger partial charge on any atom is 0.338 e. The van der Waals surface area contributed by atoms with Crippen LogP contribution >= 0.6 is 12.2 Å². The van der Waals surface area contributed by atoms with E-state index in [-0.39, 0.29) is 19.8 Å². The van der Waals surface area contributed by atoms with Crippen molar-refractivity contribution >= 4 is 35.4 Å². The first-order valence-electron chi connectivity index (χ1n) is 11.0. The van der Waals surface area contributed by atoms with E-state index in [1.54, 1.807) is 62.4 Å². The van der Waals surface area contributed by atoms with Crippen LogP contribution in [0.15, 0.2) is 64.9 Å². The van der Waals surface area contributed by atoms with Crippen LogP contribution in [-0.2, 0) is 14.3 Å². The van der Waals surface area contributed by atoms with Gasteiger partial charge in [-0.2, -0.15) is 10.4 Å². The van der Waals surface area contributed by atoms with E-state index in [1.165, 1.54) is 6.21 Å². The number of thiocarbonyl (C=S) groups is 1. The molecule has 36 heavy (non-hydrogen) atoms. The molecule has 0 fully saturated rings. The third-order valence-electron chi connectivity index (χ3n) is 4.96. The molecule has 2 aromatic rings. The maximum absolute atomic E-state index is 12.6. The predicted octanol–water partition coefficient (Wildman–Crippen LogP) is 2.47. The fourth-order valence-electron chi connectivity index (χ4n) is 3.44. The molecule has 1 heterocycles. The summed E-state index contributed by atoms with van der Waals surface area (Å²) in [6.45, 7) is 3.26. The van der Waals surface area contributed by atoms with E-state index in [4.69, 9.17) is 31.7 Å². The van der Waals surface area contributed by atoms with Gasteiger partial charge in [-0.25, -0.2) is 10.2 Å². The van der Waals surface area contributed by atoms with Crippen LogP contribution in [0.4, 0.5) is 0 Å². The summed E-state index contributed by atoms with van der Waals surface area (Å²) in [5.74, 6) is -0.120. The highest BCUT2D eigenvalue weighted by Crippen LogP contribution is 2.33. The summed E-state index contributed by atoms with van der Waals surface area (Å²) < 4.78 is 16.3. The van der Waals surface area contributed by atoms with Gasteiger partial charge in [-0.1, -0.05) is 30.3 Å². The quantitative estimate of drug-likeness (QED) is 0.192. The number of nitrogens with one attached hydrogen (secondary N) is 3. The summed E-state index contributed by atoms with van der Waals surface area (Å²) >= 11 is 5.28. The molecule has 11 heteroatoms.